The minimum atomic E-state index is -4.64. The molecule has 0 radical (unpaired) electrons. The third kappa shape index (κ3) is 10.7. The van der Waals surface area contributed by atoms with Gasteiger partial charge in [0.05, 0.1) is 11.6 Å². The van der Waals surface area contributed by atoms with Crippen LogP contribution >= 0.6 is 11.6 Å². The number of aliphatic hydroxyl groups excluding tert-OH is 1. The summed E-state index contributed by atoms with van der Waals surface area (Å²) in [5.41, 5.74) is 0.699. The lowest BCUT2D eigenvalue weighted by atomic mass is 9.93. The number of aliphatic hydroxyl groups is 1. The van der Waals surface area contributed by atoms with E-state index in [9.17, 15) is 42.6 Å². The highest BCUT2D eigenvalue weighted by molar-refractivity contribution is 6.36. The molecule has 51 heavy (non-hydrogen) atoms. The van der Waals surface area contributed by atoms with Gasteiger partial charge in [0.25, 0.3) is 11.8 Å². The molecule has 0 unspecified atom stereocenters. The third-order valence-corrected chi connectivity index (χ3v) is 8.68. The lowest BCUT2D eigenvalue weighted by Gasteiger charge is -2.25. The molecule has 0 bridgehead atoms. The van der Waals surface area contributed by atoms with E-state index in [1.54, 1.807) is 12.1 Å². The van der Waals surface area contributed by atoms with Gasteiger partial charge in [-0.3, -0.25) is 14.4 Å². The molecular formula is C33H35ClF3N7O7. The van der Waals surface area contributed by atoms with Crippen LogP contribution in [0, 0.1) is 0 Å². The summed E-state index contributed by atoms with van der Waals surface area (Å²) in [4.78, 5) is 61.6. The molecule has 0 spiro atoms. The fourth-order valence-electron chi connectivity index (χ4n) is 5.48. The minimum Gasteiger partial charge on any atom is -0.480 e. The van der Waals surface area contributed by atoms with Crippen molar-refractivity contribution in [2.45, 2.75) is 81.3 Å². The maximum atomic E-state index is 12.9. The van der Waals surface area contributed by atoms with Crippen molar-refractivity contribution in [3.05, 3.63) is 64.7 Å². The first-order valence-electron chi connectivity index (χ1n) is 16.1. The number of carboxylic acids is 1. The van der Waals surface area contributed by atoms with Crippen molar-refractivity contribution >= 4 is 52.8 Å². The van der Waals surface area contributed by atoms with Gasteiger partial charge in [-0.25, -0.2) is 4.79 Å². The SMILES string of the molecule is O=C(CC[C@H](NC(=O)c1ccc(Nc2nc(NC3(c4ccc(Cl)cc4)CC3)nc(OCC(F)(F)F)n2)cc1)C(=O)O)C(=O)NC1CCC(O)CC1. The number of Topliss-reactive ketones (excluding diaryl/α,β-unsaturated/α-hetero) is 1. The zero-order valence-corrected chi connectivity index (χ0v) is 27.8. The highest BCUT2D eigenvalue weighted by atomic mass is 35.5. The van der Waals surface area contributed by atoms with Crippen LogP contribution < -0.4 is 26.0 Å². The van der Waals surface area contributed by atoms with Gasteiger partial charge in [0.2, 0.25) is 17.7 Å². The van der Waals surface area contributed by atoms with E-state index < -0.39 is 66.5 Å². The van der Waals surface area contributed by atoms with Crippen molar-refractivity contribution in [1.29, 1.82) is 0 Å². The van der Waals surface area contributed by atoms with Crippen LogP contribution in [0.4, 0.5) is 30.8 Å². The molecule has 1 heterocycles. The van der Waals surface area contributed by atoms with E-state index in [4.69, 9.17) is 16.3 Å². The van der Waals surface area contributed by atoms with Crippen molar-refractivity contribution in [1.82, 2.24) is 25.6 Å². The molecule has 2 aliphatic carbocycles. The summed E-state index contributed by atoms with van der Waals surface area (Å²) in [6, 6.07) is 10.4. The fourth-order valence-corrected chi connectivity index (χ4v) is 5.61. The van der Waals surface area contributed by atoms with Gasteiger partial charge in [-0.05, 0) is 86.9 Å². The lowest BCUT2D eigenvalue weighted by Crippen LogP contribution is -2.44. The second-order valence-corrected chi connectivity index (χ2v) is 12.8. The van der Waals surface area contributed by atoms with Crippen LogP contribution in [-0.4, -0.2) is 79.7 Å². The summed E-state index contributed by atoms with van der Waals surface area (Å²) >= 11 is 6.01. The first kappa shape index (κ1) is 37.2. The second-order valence-electron chi connectivity index (χ2n) is 12.4. The Morgan fingerprint density at radius 1 is 0.941 bits per heavy atom. The highest BCUT2D eigenvalue weighted by Gasteiger charge is 2.45. The molecule has 2 saturated carbocycles. The normalized spacial score (nSPS) is 18.5. The number of nitrogens with zero attached hydrogens (tertiary/aromatic N) is 3. The van der Waals surface area contributed by atoms with Crippen LogP contribution in [-0.2, 0) is 19.9 Å². The number of nitrogens with one attached hydrogen (secondary N) is 4. The Bertz CT molecular complexity index is 1730. The van der Waals surface area contributed by atoms with Crippen molar-refractivity contribution < 1.29 is 47.3 Å². The number of hydrogen-bond acceptors (Lipinski definition) is 11. The zero-order valence-electron chi connectivity index (χ0n) is 27.0. The quantitative estimate of drug-likeness (QED) is 0.121. The van der Waals surface area contributed by atoms with Gasteiger partial charge < -0.3 is 36.2 Å². The number of halogens is 4. The van der Waals surface area contributed by atoms with Crippen LogP contribution in [0.3, 0.4) is 0 Å². The van der Waals surface area contributed by atoms with Gasteiger partial charge in [-0.15, -0.1) is 0 Å². The Kier molecular flexibility index (Phi) is 11.6. The van der Waals surface area contributed by atoms with E-state index in [1.165, 1.54) is 24.3 Å². The fraction of sp³-hybridized carbons (Fsp3) is 0.424. The van der Waals surface area contributed by atoms with E-state index >= 15 is 0 Å². The smallest absolute Gasteiger partial charge is 0.422 e. The zero-order chi connectivity index (χ0) is 36.8. The van der Waals surface area contributed by atoms with Crippen molar-refractivity contribution in [2.24, 2.45) is 0 Å². The van der Waals surface area contributed by atoms with E-state index in [2.05, 4.69) is 36.2 Å². The number of carbonyl (C=O) groups excluding carboxylic acids is 3. The predicted octanol–water partition coefficient (Wildman–Crippen LogP) is 4.26. The molecule has 3 aromatic rings. The molecule has 1 atom stereocenters. The van der Waals surface area contributed by atoms with Gasteiger partial charge in [0.15, 0.2) is 6.61 Å². The number of anilines is 3. The summed E-state index contributed by atoms with van der Waals surface area (Å²) in [6.07, 6.45) is -2.35. The topological polar surface area (TPSA) is 205 Å². The van der Waals surface area contributed by atoms with E-state index in [-0.39, 0.29) is 29.9 Å². The Labute approximate surface area is 294 Å². The molecule has 14 nitrogen and oxygen atoms in total. The predicted molar refractivity (Wildman–Crippen MR) is 177 cm³/mol. The maximum absolute atomic E-state index is 12.9. The largest absolute Gasteiger partial charge is 0.480 e. The molecule has 18 heteroatoms. The molecule has 272 valence electrons. The van der Waals surface area contributed by atoms with E-state index in [1.807, 2.05) is 12.1 Å². The molecule has 2 aliphatic rings. The number of carbonyl (C=O) groups is 4. The molecule has 5 rings (SSSR count). The number of ketones is 1. The van der Waals surface area contributed by atoms with Crippen LogP contribution in [0.15, 0.2) is 48.5 Å². The molecule has 2 fully saturated rings. The van der Waals surface area contributed by atoms with Crippen LogP contribution in [0.5, 0.6) is 6.01 Å². The van der Waals surface area contributed by atoms with Crippen LogP contribution in [0.25, 0.3) is 0 Å². The Balaban J connectivity index is 1.20. The number of benzene rings is 2. The number of aliphatic carboxylic acids is 1. The number of carboxylic acid groups (broad SMARTS) is 1. The Morgan fingerprint density at radius 2 is 1.59 bits per heavy atom. The Hall–Kier alpha value is -5.03. The summed E-state index contributed by atoms with van der Waals surface area (Å²) in [5.74, 6) is -4.03. The van der Waals surface area contributed by atoms with Crippen molar-refractivity contribution in [3.8, 4) is 6.01 Å². The molecular weight excluding hydrogens is 699 g/mol. The number of aromatic nitrogens is 3. The van der Waals surface area contributed by atoms with Crippen molar-refractivity contribution in [2.75, 3.05) is 17.2 Å². The van der Waals surface area contributed by atoms with Crippen LogP contribution in [0.2, 0.25) is 5.02 Å². The average molecular weight is 734 g/mol. The maximum Gasteiger partial charge on any atom is 0.422 e. The standard InChI is InChI=1S/C33H35ClF3N7O7/c34-20-5-3-19(4-6-20)32(15-16-32)44-30-41-29(42-31(43-30)51-17-33(35,36)37)39-22-7-1-18(2-8-22)26(47)40-24(28(49)50)13-14-25(46)27(48)38-21-9-11-23(45)12-10-21/h1-8,21,23-24,45H,9-17H2,(H,38,48)(H,40,47)(H,49,50)(H2,39,41,42,43,44)/t21?,23?,24-/m0/s1. The van der Waals surface area contributed by atoms with E-state index in [0.29, 0.717) is 49.2 Å². The average Bonchev–Trinajstić information content (AvgIpc) is 3.86. The van der Waals surface area contributed by atoms with Gasteiger partial charge >= 0.3 is 18.2 Å². The molecule has 6 N–H and O–H groups in total. The van der Waals surface area contributed by atoms with Crippen LogP contribution in [0.1, 0.15) is 67.3 Å². The third-order valence-electron chi connectivity index (χ3n) is 8.43. The van der Waals surface area contributed by atoms with Gasteiger partial charge in [0, 0.05) is 28.7 Å². The number of ether oxygens (including phenoxy) is 1. The first-order valence-corrected chi connectivity index (χ1v) is 16.5. The monoisotopic (exact) mass is 733 g/mol. The molecule has 2 amide bonds. The second kappa shape index (κ2) is 15.9. The molecule has 0 saturated heterocycles. The summed E-state index contributed by atoms with van der Waals surface area (Å²) in [6.45, 7) is -1.63. The minimum absolute atomic E-state index is 0.0439. The first-order chi connectivity index (χ1) is 24.2. The van der Waals surface area contributed by atoms with Gasteiger partial charge in [-0.2, -0.15) is 28.1 Å². The number of hydrogen-bond donors (Lipinski definition) is 6. The van der Waals surface area contributed by atoms with Gasteiger partial charge in [-0.1, -0.05) is 23.7 Å². The summed E-state index contributed by atoms with van der Waals surface area (Å²) < 4.78 is 43.5. The number of amides is 2. The lowest BCUT2D eigenvalue weighted by molar-refractivity contribution is -0.154. The van der Waals surface area contributed by atoms with Crippen molar-refractivity contribution in [3.63, 3.8) is 0 Å². The highest BCUT2D eigenvalue weighted by Crippen LogP contribution is 2.48. The molecule has 2 aromatic carbocycles. The Morgan fingerprint density at radius 3 is 2.20 bits per heavy atom. The molecule has 0 aliphatic heterocycles. The summed E-state index contributed by atoms with van der Waals surface area (Å²) in [5, 5.41) is 30.7. The molecule has 1 aromatic heterocycles. The summed E-state index contributed by atoms with van der Waals surface area (Å²) in [7, 11) is 0. The number of rotatable bonds is 15. The van der Waals surface area contributed by atoms with E-state index in [0.717, 1.165) is 5.56 Å². The number of alkyl halides is 3. The van der Waals surface area contributed by atoms with Gasteiger partial charge in [0.1, 0.15) is 6.04 Å².